The molecule has 5 nitrogen and oxygen atoms in total. The second-order valence-corrected chi connectivity index (χ2v) is 8.33. The van der Waals surface area contributed by atoms with Gasteiger partial charge in [0.1, 0.15) is 11.9 Å². The van der Waals surface area contributed by atoms with Crippen LogP contribution in [-0.4, -0.2) is 53.0 Å². The van der Waals surface area contributed by atoms with Gasteiger partial charge in [0.05, 0.1) is 17.1 Å². The van der Waals surface area contributed by atoms with Gasteiger partial charge in [0, 0.05) is 44.5 Å². The topological polar surface area (TPSA) is 45.7 Å². The Morgan fingerprint density at radius 2 is 2.12 bits per heavy atom. The zero-order valence-corrected chi connectivity index (χ0v) is 16.2. The number of hydrogen-bond acceptors (Lipinski definition) is 5. The van der Waals surface area contributed by atoms with E-state index in [9.17, 15) is 4.79 Å². The van der Waals surface area contributed by atoms with Crippen LogP contribution in [0.4, 0.5) is 0 Å². The second kappa shape index (κ2) is 7.37. The highest BCUT2D eigenvalue weighted by Gasteiger charge is 2.23. The minimum absolute atomic E-state index is 0.223. The highest BCUT2D eigenvalue weighted by molar-refractivity contribution is 7.09. The first kappa shape index (κ1) is 17.5. The molecule has 0 spiro atoms. The monoisotopic (exact) mass is 371 g/mol. The Hall–Kier alpha value is -1.92. The van der Waals surface area contributed by atoms with Gasteiger partial charge in [-0.1, -0.05) is 12.1 Å². The summed E-state index contributed by atoms with van der Waals surface area (Å²) in [5.74, 6) is 1.20. The van der Waals surface area contributed by atoms with E-state index in [0.717, 1.165) is 61.2 Å². The Kier molecular flexibility index (Phi) is 4.96. The summed E-state index contributed by atoms with van der Waals surface area (Å²) < 4.78 is 5.74. The number of ether oxygens (including phenoxy) is 1. The summed E-state index contributed by atoms with van der Waals surface area (Å²) in [7, 11) is 0. The van der Waals surface area contributed by atoms with E-state index in [1.54, 1.807) is 11.3 Å². The van der Waals surface area contributed by atoms with Gasteiger partial charge in [0.25, 0.3) is 0 Å². The van der Waals surface area contributed by atoms with Crippen LogP contribution in [-0.2, 0) is 24.2 Å². The summed E-state index contributed by atoms with van der Waals surface area (Å²) in [5.41, 5.74) is 3.46. The minimum atomic E-state index is 0.223. The van der Waals surface area contributed by atoms with Gasteiger partial charge in [-0.05, 0) is 31.0 Å². The number of piperazine rings is 1. The van der Waals surface area contributed by atoms with Crippen molar-refractivity contribution in [2.75, 3.05) is 26.2 Å². The first-order valence-electron chi connectivity index (χ1n) is 9.26. The number of thiazole rings is 1. The van der Waals surface area contributed by atoms with Crippen LogP contribution in [0, 0.1) is 6.92 Å². The van der Waals surface area contributed by atoms with E-state index in [1.807, 2.05) is 24.0 Å². The number of carbonyl (C=O) groups is 1. The van der Waals surface area contributed by atoms with E-state index in [1.165, 1.54) is 5.56 Å². The van der Waals surface area contributed by atoms with Crippen LogP contribution in [0.25, 0.3) is 0 Å². The molecule has 0 saturated carbocycles. The minimum Gasteiger partial charge on any atom is -0.490 e. The van der Waals surface area contributed by atoms with Gasteiger partial charge in [-0.25, -0.2) is 4.98 Å². The summed E-state index contributed by atoms with van der Waals surface area (Å²) in [6.45, 7) is 8.43. The van der Waals surface area contributed by atoms with E-state index in [4.69, 9.17) is 4.74 Å². The number of amides is 1. The average molecular weight is 372 g/mol. The lowest BCUT2D eigenvalue weighted by Gasteiger charge is -2.34. The van der Waals surface area contributed by atoms with Crippen molar-refractivity contribution >= 4 is 17.2 Å². The van der Waals surface area contributed by atoms with E-state index >= 15 is 0 Å². The maximum atomic E-state index is 12.7. The molecule has 1 aromatic carbocycles. The normalized spacial score (nSPS) is 20.1. The van der Waals surface area contributed by atoms with Gasteiger partial charge in [-0.15, -0.1) is 11.3 Å². The van der Waals surface area contributed by atoms with Crippen LogP contribution in [0.2, 0.25) is 0 Å². The second-order valence-electron chi connectivity index (χ2n) is 7.27. The Morgan fingerprint density at radius 3 is 2.85 bits per heavy atom. The zero-order chi connectivity index (χ0) is 18.1. The smallest absolute Gasteiger partial charge is 0.227 e. The molecule has 4 rings (SSSR count). The predicted molar refractivity (Wildman–Crippen MR) is 103 cm³/mol. The summed E-state index contributed by atoms with van der Waals surface area (Å²) in [6, 6.07) is 6.17. The fraction of sp³-hybridized carbons (Fsp3) is 0.500. The lowest BCUT2D eigenvalue weighted by molar-refractivity contribution is -0.132. The largest absolute Gasteiger partial charge is 0.490 e. The van der Waals surface area contributed by atoms with Crippen LogP contribution in [0.15, 0.2) is 23.6 Å². The number of aryl methyl sites for hydroxylation is 1. The number of aromatic nitrogens is 1. The van der Waals surface area contributed by atoms with E-state index in [0.29, 0.717) is 6.42 Å². The molecule has 2 aliphatic rings. The molecule has 1 atom stereocenters. The van der Waals surface area contributed by atoms with Crippen molar-refractivity contribution in [3.05, 3.63) is 45.4 Å². The SMILES string of the molecule is Cc1nc(CN2CCN(C(=O)Cc3ccc4c(c3)C[C@H](C)O4)CC2)cs1. The molecule has 0 N–H and O–H groups in total. The molecule has 2 aliphatic heterocycles. The number of benzene rings is 1. The van der Waals surface area contributed by atoms with Gasteiger partial charge < -0.3 is 9.64 Å². The van der Waals surface area contributed by atoms with E-state index < -0.39 is 0 Å². The van der Waals surface area contributed by atoms with Crippen molar-refractivity contribution < 1.29 is 9.53 Å². The highest BCUT2D eigenvalue weighted by Crippen LogP contribution is 2.29. The third-order valence-electron chi connectivity index (χ3n) is 5.09. The van der Waals surface area contributed by atoms with Crippen LogP contribution < -0.4 is 4.74 Å². The van der Waals surface area contributed by atoms with Crippen molar-refractivity contribution in [2.24, 2.45) is 0 Å². The number of nitrogens with zero attached hydrogens (tertiary/aromatic N) is 3. The fourth-order valence-electron chi connectivity index (χ4n) is 3.74. The molecule has 2 aromatic rings. The summed E-state index contributed by atoms with van der Waals surface area (Å²) in [4.78, 5) is 21.6. The Morgan fingerprint density at radius 1 is 1.31 bits per heavy atom. The molecule has 1 aromatic heterocycles. The molecule has 1 amide bonds. The molecular weight excluding hydrogens is 346 g/mol. The fourth-order valence-corrected chi connectivity index (χ4v) is 4.34. The molecule has 0 bridgehead atoms. The lowest BCUT2D eigenvalue weighted by Crippen LogP contribution is -2.48. The predicted octanol–water partition coefficient (Wildman–Crippen LogP) is 2.66. The third kappa shape index (κ3) is 3.91. The molecular formula is C20H25N3O2S. The van der Waals surface area contributed by atoms with Crippen LogP contribution in [0.3, 0.4) is 0 Å². The maximum absolute atomic E-state index is 12.7. The number of hydrogen-bond donors (Lipinski definition) is 0. The Bertz CT molecular complexity index is 796. The molecule has 1 saturated heterocycles. The molecule has 0 unspecified atom stereocenters. The molecule has 1 fully saturated rings. The molecule has 6 heteroatoms. The van der Waals surface area contributed by atoms with Crippen molar-refractivity contribution in [1.29, 1.82) is 0 Å². The third-order valence-corrected chi connectivity index (χ3v) is 5.92. The number of fused-ring (bicyclic) bond motifs is 1. The quantitative estimate of drug-likeness (QED) is 0.829. The molecule has 26 heavy (non-hydrogen) atoms. The van der Waals surface area contributed by atoms with Crippen LogP contribution >= 0.6 is 11.3 Å². The maximum Gasteiger partial charge on any atom is 0.227 e. The lowest BCUT2D eigenvalue weighted by atomic mass is 10.0. The van der Waals surface area contributed by atoms with Crippen LogP contribution in [0.5, 0.6) is 5.75 Å². The van der Waals surface area contributed by atoms with Crippen molar-refractivity contribution in [3.8, 4) is 5.75 Å². The van der Waals surface area contributed by atoms with Gasteiger partial charge in [-0.3, -0.25) is 9.69 Å². The first-order valence-corrected chi connectivity index (χ1v) is 10.1. The molecule has 0 aliphatic carbocycles. The van der Waals surface area contributed by atoms with E-state index in [2.05, 4.69) is 28.3 Å². The first-order chi connectivity index (χ1) is 12.6. The summed E-state index contributed by atoms with van der Waals surface area (Å²) in [5, 5.41) is 3.24. The van der Waals surface area contributed by atoms with Gasteiger partial charge in [0.2, 0.25) is 5.91 Å². The van der Waals surface area contributed by atoms with Gasteiger partial charge in [0.15, 0.2) is 0 Å². The zero-order valence-electron chi connectivity index (χ0n) is 15.4. The average Bonchev–Trinajstić information content (AvgIpc) is 3.19. The van der Waals surface area contributed by atoms with Crippen molar-refractivity contribution in [3.63, 3.8) is 0 Å². The Labute approximate surface area is 158 Å². The summed E-state index contributed by atoms with van der Waals surface area (Å²) in [6.07, 6.45) is 1.66. The Balaban J connectivity index is 1.29. The molecule has 0 radical (unpaired) electrons. The number of carbonyl (C=O) groups excluding carboxylic acids is 1. The van der Waals surface area contributed by atoms with E-state index in [-0.39, 0.29) is 12.0 Å². The molecule has 138 valence electrons. The van der Waals surface area contributed by atoms with Crippen molar-refractivity contribution in [1.82, 2.24) is 14.8 Å². The van der Waals surface area contributed by atoms with Gasteiger partial charge in [-0.2, -0.15) is 0 Å². The number of rotatable bonds is 4. The van der Waals surface area contributed by atoms with Gasteiger partial charge >= 0.3 is 0 Å². The molecule has 3 heterocycles. The standard InChI is InChI=1S/C20H25N3O2S/c1-14-9-17-10-16(3-4-19(17)25-14)11-20(24)23-7-5-22(6-8-23)12-18-13-26-15(2)21-18/h3-4,10,13-14H,5-9,11-12H2,1-2H3/t14-/m0/s1. The summed E-state index contributed by atoms with van der Waals surface area (Å²) >= 11 is 1.70. The van der Waals surface area contributed by atoms with Crippen molar-refractivity contribution in [2.45, 2.75) is 39.3 Å². The highest BCUT2D eigenvalue weighted by atomic mass is 32.1. The van der Waals surface area contributed by atoms with Crippen LogP contribution in [0.1, 0.15) is 28.8 Å².